The van der Waals surface area contributed by atoms with Gasteiger partial charge in [0.1, 0.15) is 0 Å². The number of benzene rings is 2. The number of nitrogens with zero attached hydrogens (tertiary/aromatic N) is 2. The fourth-order valence-electron chi connectivity index (χ4n) is 2.44. The van der Waals surface area contributed by atoms with E-state index in [1.807, 2.05) is 24.3 Å². The maximum absolute atomic E-state index is 13.5. The Hall–Kier alpha value is -3.22. The predicted octanol–water partition coefficient (Wildman–Crippen LogP) is 3.93. The van der Waals surface area contributed by atoms with Crippen LogP contribution in [-0.4, -0.2) is 27.7 Å². The number of halogens is 1. The van der Waals surface area contributed by atoms with Gasteiger partial charge in [0.05, 0.1) is 0 Å². The van der Waals surface area contributed by atoms with E-state index < -0.39 is 11.7 Å². The Morgan fingerprint density at radius 1 is 1.15 bits per heavy atom. The van der Waals surface area contributed by atoms with Crippen LogP contribution < -0.4 is 10.1 Å². The first kappa shape index (κ1) is 18.6. The SMILES string of the molecule is CC(C)(C)c1ccc(-c2nc(NC(=O)COc3ccccc3F)n[nH]2)cc1. The van der Waals surface area contributed by atoms with Gasteiger partial charge < -0.3 is 4.74 Å². The van der Waals surface area contributed by atoms with Crippen LogP contribution >= 0.6 is 0 Å². The number of aromatic amines is 1. The molecule has 0 fully saturated rings. The largest absolute Gasteiger partial charge is 0.481 e. The van der Waals surface area contributed by atoms with Gasteiger partial charge in [0.2, 0.25) is 5.95 Å². The fraction of sp³-hybridized carbons (Fsp3) is 0.250. The van der Waals surface area contributed by atoms with Gasteiger partial charge in [-0.1, -0.05) is 57.2 Å². The van der Waals surface area contributed by atoms with Crippen LogP contribution in [0.15, 0.2) is 48.5 Å². The standard InChI is InChI=1S/C20H21FN4O2/c1-20(2,3)14-10-8-13(9-11-14)18-23-19(25-24-18)22-17(26)12-27-16-7-5-4-6-15(16)21/h4-11H,12H2,1-3H3,(H2,22,23,24,25,26). The zero-order chi connectivity index (χ0) is 19.4. The molecule has 1 amide bonds. The van der Waals surface area contributed by atoms with Crippen LogP contribution in [0.1, 0.15) is 26.3 Å². The number of ether oxygens (including phenoxy) is 1. The predicted molar refractivity (Wildman–Crippen MR) is 101 cm³/mol. The molecule has 2 aromatic carbocycles. The minimum Gasteiger partial charge on any atom is -0.481 e. The highest BCUT2D eigenvalue weighted by atomic mass is 19.1. The van der Waals surface area contributed by atoms with Crippen molar-refractivity contribution in [1.29, 1.82) is 0 Å². The second-order valence-electron chi connectivity index (χ2n) is 7.10. The van der Waals surface area contributed by atoms with Crippen LogP contribution in [0.25, 0.3) is 11.4 Å². The van der Waals surface area contributed by atoms with Crippen molar-refractivity contribution in [3.8, 4) is 17.1 Å². The minimum atomic E-state index is -0.524. The van der Waals surface area contributed by atoms with Crippen LogP contribution in [-0.2, 0) is 10.2 Å². The number of para-hydroxylation sites is 1. The molecule has 27 heavy (non-hydrogen) atoms. The molecule has 0 atom stereocenters. The summed E-state index contributed by atoms with van der Waals surface area (Å²) < 4.78 is 18.6. The normalized spacial score (nSPS) is 11.3. The second-order valence-corrected chi connectivity index (χ2v) is 7.10. The van der Waals surface area contributed by atoms with Gasteiger partial charge >= 0.3 is 0 Å². The van der Waals surface area contributed by atoms with Crippen LogP contribution in [0.4, 0.5) is 10.3 Å². The van der Waals surface area contributed by atoms with Crippen molar-refractivity contribution in [2.24, 2.45) is 0 Å². The van der Waals surface area contributed by atoms with Crippen LogP contribution in [0.2, 0.25) is 0 Å². The molecule has 0 bridgehead atoms. The molecule has 140 valence electrons. The van der Waals surface area contributed by atoms with Crippen molar-refractivity contribution in [3.63, 3.8) is 0 Å². The number of anilines is 1. The Kier molecular flexibility index (Phi) is 5.21. The summed E-state index contributed by atoms with van der Waals surface area (Å²) in [5.74, 6) is -0.314. The van der Waals surface area contributed by atoms with E-state index in [1.54, 1.807) is 12.1 Å². The van der Waals surface area contributed by atoms with E-state index in [9.17, 15) is 9.18 Å². The molecule has 0 unspecified atom stereocenters. The molecule has 7 heteroatoms. The molecular formula is C20H21FN4O2. The number of rotatable bonds is 5. The number of aromatic nitrogens is 3. The molecule has 2 N–H and O–H groups in total. The van der Waals surface area contributed by atoms with E-state index in [-0.39, 0.29) is 23.7 Å². The maximum atomic E-state index is 13.5. The summed E-state index contributed by atoms with van der Waals surface area (Å²) in [6, 6.07) is 13.9. The van der Waals surface area contributed by atoms with E-state index >= 15 is 0 Å². The highest BCUT2D eigenvalue weighted by Gasteiger charge is 2.14. The molecule has 1 heterocycles. The highest BCUT2D eigenvalue weighted by Crippen LogP contribution is 2.25. The lowest BCUT2D eigenvalue weighted by atomic mass is 9.87. The summed E-state index contributed by atoms with van der Waals surface area (Å²) in [7, 11) is 0. The fourth-order valence-corrected chi connectivity index (χ4v) is 2.44. The Morgan fingerprint density at radius 3 is 2.52 bits per heavy atom. The lowest BCUT2D eigenvalue weighted by Gasteiger charge is -2.18. The quantitative estimate of drug-likeness (QED) is 0.715. The van der Waals surface area contributed by atoms with Gasteiger partial charge in [-0.3, -0.25) is 15.2 Å². The van der Waals surface area contributed by atoms with E-state index in [4.69, 9.17) is 4.74 Å². The molecule has 0 aliphatic heterocycles. The van der Waals surface area contributed by atoms with Crippen molar-refractivity contribution in [1.82, 2.24) is 15.2 Å². The Labute approximate surface area is 156 Å². The van der Waals surface area contributed by atoms with Crippen molar-refractivity contribution < 1.29 is 13.9 Å². The van der Waals surface area contributed by atoms with Gasteiger partial charge in [-0.25, -0.2) is 4.39 Å². The first-order chi connectivity index (χ1) is 12.8. The molecule has 0 radical (unpaired) electrons. The molecule has 6 nitrogen and oxygen atoms in total. The van der Waals surface area contributed by atoms with Gasteiger partial charge in [-0.05, 0) is 23.1 Å². The summed E-state index contributed by atoms with van der Waals surface area (Å²) in [5.41, 5.74) is 2.14. The van der Waals surface area contributed by atoms with Gasteiger partial charge in [0, 0.05) is 5.56 Å². The Morgan fingerprint density at radius 2 is 1.85 bits per heavy atom. The monoisotopic (exact) mass is 368 g/mol. The summed E-state index contributed by atoms with van der Waals surface area (Å²) in [6.07, 6.45) is 0. The van der Waals surface area contributed by atoms with Crippen molar-refractivity contribution in [2.45, 2.75) is 26.2 Å². The Bertz CT molecular complexity index is 930. The van der Waals surface area contributed by atoms with Gasteiger partial charge in [0.15, 0.2) is 24.0 Å². The molecule has 0 saturated heterocycles. The lowest BCUT2D eigenvalue weighted by molar-refractivity contribution is -0.118. The molecule has 0 spiro atoms. The molecule has 1 aromatic heterocycles. The van der Waals surface area contributed by atoms with Gasteiger partial charge in [0.25, 0.3) is 5.91 Å². The van der Waals surface area contributed by atoms with Crippen molar-refractivity contribution in [3.05, 3.63) is 59.9 Å². The van der Waals surface area contributed by atoms with Gasteiger partial charge in [-0.15, -0.1) is 5.10 Å². The average molecular weight is 368 g/mol. The number of H-pyrrole nitrogens is 1. The molecule has 3 rings (SSSR count). The third kappa shape index (κ3) is 4.69. The minimum absolute atomic E-state index is 0.0160. The summed E-state index contributed by atoms with van der Waals surface area (Å²) in [6.45, 7) is 6.10. The zero-order valence-electron chi connectivity index (χ0n) is 15.4. The van der Waals surface area contributed by atoms with Crippen molar-refractivity contribution >= 4 is 11.9 Å². The number of amides is 1. The molecule has 0 aliphatic carbocycles. The number of hydrogen-bond acceptors (Lipinski definition) is 4. The number of hydrogen-bond donors (Lipinski definition) is 2. The van der Waals surface area contributed by atoms with E-state index in [2.05, 4.69) is 41.3 Å². The number of nitrogens with one attached hydrogen (secondary N) is 2. The topological polar surface area (TPSA) is 79.9 Å². The summed E-state index contributed by atoms with van der Waals surface area (Å²) in [4.78, 5) is 16.2. The maximum Gasteiger partial charge on any atom is 0.264 e. The van der Waals surface area contributed by atoms with Gasteiger partial charge in [-0.2, -0.15) is 4.98 Å². The third-order valence-electron chi connectivity index (χ3n) is 3.96. The zero-order valence-corrected chi connectivity index (χ0v) is 15.4. The number of carbonyl (C=O) groups is 1. The van der Waals surface area contributed by atoms with E-state index in [1.165, 1.54) is 17.7 Å². The average Bonchev–Trinajstić information content (AvgIpc) is 3.09. The smallest absolute Gasteiger partial charge is 0.264 e. The molecular weight excluding hydrogens is 347 g/mol. The summed E-state index contributed by atoms with van der Waals surface area (Å²) in [5, 5.41) is 9.29. The van der Waals surface area contributed by atoms with E-state index in [0.29, 0.717) is 5.82 Å². The summed E-state index contributed by atoms with van der Waals surface area (Å²) >= 11 is 0. The highest BCUT2D eigenvalue weighted by molar-refractivity contribution is 5.90. The second kappa shape index (κ2) is 7.57. The van der Waals surface area contributed by atoms with Crippen LogP contribution in [0, 0.1) is 5.82 Å². The molecule has 3 aromatic rings. The molecule has 0 saturated carbocycles. The first-order valence-corrected chi connectivity index (χ1v) is 8.53. The van der Waals surface area contributed by atoms with Crippen LogP contribution in [0.5, 0.6) is 5.75 Å². The number of carbonyl (C=O) groups excluding carboxylic acids is 1. The Balaban J connectivity index is 1.60. The van der Waals surface area contributed by atoms with E-state index in [0.717, 1.165) is 5.56 Å². The first-order valence-electron chi connectivity index (χ1n) is 8.53. The van der Waals surface area contributed by atoms with Crippen molar-refractivity contribution in [2.75, 3.05) is 11.9 Å². The lowest BCUT2D eigenvalue weighted by Crippen LogP contribution is -2.21. The molecule has 0 aliphatic rings. The third-order valence-corrected chi connectivity index (χ3v) is 3.96. The van der Waals surface area contributed by atoms with Crippen LogP contribution in [0.3, 0.4) is 0 Å².